The first-order valence-electron chi connectivity index (χ1n) is 6.60. The van der Waals surface area contributed by atoms with Gasteiger partial charge in [-0.15, -0.1) is 12.3 Å². The molecule has 1 atom stereocenters. The highest BCUT2D eigenvalue weighted by Gasteiger charge is 2.13. The number of carbonyl (C=O) groups is 1. The first kappa shape index (κ1) is 13.2. The second-order valence-electron chi connectivity index (χ2n) is 4.81. The Morgan fingerprint density at radius 1 is 1.24 bits per heavy atom. The minimum atomic E-state index is -0.702. The largest absolute Gasteiger partial charge is 0.456 e. The molecule has 0 spiro atoms. The summed E-state index contributed by atoms with van der Waals surface area (Å²) < 4.78 is 5.73. The molecule has 0 saturated heterocycles. The smallest absolute Gasteiger partial charge is 0.242 e. The lowest BCUT2D eigenvalue weighted by Crippen LogP contribution is -2.35. The van der Waals surface area contributed by atoms with E-state index >= 15 is 0 Å². The number of hydrogen-bond donors (Lipinski definition) is 2. The maximum absolute atomic E-state index is 11.9. The fourth-order valence-electron chi connectivity index (χ4n) is 2.26. The van der Waals surface area contributed by atoms with Crippen molar-refractivity contribution in [1.29, 1.82) is 0 Å². The number of hydrogen-bond acceptors (Lipinski definition) is 3. The van der Waals surface area contributed by atoms with Crippen LogP contribution in [0.2, 0.25) is 0 Å². The number of furan rings is 1. The molecular weight excluding hydrogens is 264 g/mol. The van der Waals surface area contributed by atoms with E-state index in [9.17, 15) is 4.79 Å². The van der Waals surface area contributed by atoms with Crippen molar-refractivity contribution in [1.82, 2.24) is 0 Å². The van der Waals surface area contributed by atoms with Gasteiger partial charge >= 0.3 is 0 Å². The fraction of sp³-hybridized carbons (Fsp3) is 0.118. The van der Waals surface area contributed by atoms with Crippen molar-refractivity contribution < 1.29 is 9.21 Å². The fourth-order valence-corrected chi connectivity index (χ4v) is 2.26. The van der Waals surface area contributed by atoms with Gasteiger partial charge in [-0.1, -0.05) is 18.2 Å². The molecule has 1 amide bonds. The Kier molecular flexibility index (Phi) is 3.35. The topological polar surface area (TPSA) is 68.3 Å². The third-order valence-electron chi connectivity index (χ3n) is 3.32. The molecule has 21 heavy (non-hydrogen) atoms. The Balaban J connectivity index is 1.96. The summed E-state index contributed by atoms with van der Waals surface area (Å²) in [4.78, 5) is 11.9. The van der Waals surface area contributed by atoms with Gasteiger partial charge in [0.25, 0.3) is 0 Å². The molecule has 0 aliphatic heterocycles. The minimum Gasteiger partial charge on any atom is -0.456 e. The van der Waals surface area contributed by atoms with Gasteiger partial charge in [-0.25, -0.2) is 0 Å². The number of rotatable bonds is 3. The van der Waals surface area contributed by atoms with Crippen molar-refractivity contribution in [2.75, 3.05) is 5.32 Å². The summed E-state index contributed by atoms with van der Waals surface area (Å²) in [6.45, 7) is 0. The second kappa shape index (κ2) is 5.31. The number of fused-ring (bicyclic) bond motifs is 3. The van der Waals surface area contributed by atoms with Crippen LogP contribution in [-0.4, -0.2) is 11.9 Å². The van der Waals surface area contributed by atoms with Gasteiger partial charge in [0, 0.05) is 22.9 Å². The molecule has 1 aromatic heterocycles. The average molecular weight is 278 g/mol. The molecule has 4 nitrogen and oxygen atoms in total. The van der Waals surface area contributed by atoms with E-state index in [0.29, 0.717) is 5.69 Å². The Morgan fingerprint density at radius 2 is 2.00 bits per heavy atom. The van der Waals surface area contributed by atoms with Crippen LogP contribution in [0.25, 0.3) is 21.9 Å². The van der Waals surface area contributed by atoms with E-state index in [1.54, 1.807) is 6.07 Å². The van der Waals surface area contributed by atoms with Crippen LogP contribution < -0.4 is 11.1 Å². The van der Waals surface area contributed by atoms with Gasteiger partial charge in [0.05, 0.1) is 6.04 Å². The number of amides is 1. The molecule has 4 heteroatoms. The van der Waals surface area contributed by atoms with Crippen LogP contribution in [0.4, 0.5) is 5.69 Å². The highest BCUT2D eigenvalue weighted by Crippen LogP contribution is 2.30. The third-order valence-corrected chi connectivity index (χ3v) is 3.32. The molecule has 0 saturated carbocycles. The normalized spacial score (nSPS) is 12.2. The van der Waals surface area contributed by atoms with Crippen molar-refractivity contribution in [3.05, 3.63) is 42.5 Å². The molecule has 3 rings (SSSR count). The molecule has 0 radical (unpaired) electrons. The number of para-hydroxylation sites is 1. The molecule has 0 aliphatic carbocycles. The van der Waals surface area contributed by atoms with E-state index in [1.807, 2.05) is 36.4 Å². The summed E-state index contributed by atoms with van der Waals surface area (Å²) in [6.07, 6.45) is 5.37. The SMILES string of the molecule is C#CCC(N)C(=O)Nc1ccc2oc3ccccc3c2c1. The Labute approximate surface area is 121 Å². The number of terminal acetylenes is 1. The van der Waals surface area contributed by atoms with Crippen LogP contribution in [0.5, 0.6) is 0 Å². The highest BCUT2D eigenvalue weighted by molar-refractivity contribution is 6.07. The molecule has 1 unspecified atom stereocenters. The zero-order chi connectivity index (χ0) is 14.8. The monoisotopic (exact) mass is 278 g/mol. The summed E-state index contributed by atoms with van der Waals surface area (Å²) in [5, 5.41) is 4.74. The molecule has 1 heterocycles. The van der Waals surface area contributed by atoms with E-state index in [2.05, 4.69) is 11.2 Å². The summed E-state index contributed by atoms with van der Waals surface area (Å²) >= 11 is 0. The maximum atomic E-state index is 11.9. The highest BCUT2D eigenvalue weighted by atomic mass is 16.3. The first-order chi connectivity index (χ1) is 10.2. The second-order valence-corrected chi connectivity index (χ2v) is 4.81. The number of carbonyl (C=O) groups excluding carboxylic acids is 1. The molecule has 104 valence electrons. The number of nitrogens with two attached hydrogens (primary N) is 1. The van der Waals surface area contributed by atoms with Crippen LogP contribution in [0.1, 0.15) is 6.42 Å². The summed E-state index contributed by atoms with van der Waals surface area (Å²) in [5.74, 6) is 2.09. The van der Waals surface area contributed by atoms with Crippen molar-refractivity contribution in [2.45, 2.75) is 12.5 Å². The lowest BCUT2D eigenvalue weighted by molar-refractivity contribution is -0.117. The Bertz CT molecular complexity index is 858. The van der Waals surface area contributed by atoms with Gasteiger partial charge in [-0.05, 0) is 24.3 Å². The van der Waals surface area contributed by atoms with Gasteiger partial charge in [-0.3, -0.25) is 4.79 Å². The standard InChI is InChI=1S/C17H14N2O2/c1-2-5-14(18)17(20)19-11-8-9-16-13(10-11)12-6-3-4-7-15(12)21-16/h1,3-4,6-10,14H,5,18H2,(H,19,20). The van der Waals surface area contributed by atoms with E-state index < -0.39 is 6.04 Å². The van der Waals surface area contributed by atoms with Crippen LogP contribution in [0.15, 0.2) is 46.9 Å². The predicted molar refractivity (Wildman–Crippen MR) is 83.8 cm³/mol. The zero-order valence-electron chi connectivity index (χ0n) is 11.3. The third kappa shape index (κ3) is 2.47. The molecule has 0 aliphatic rings. The molecule has 0 bridgehead atoms. The van der Waals surface area contributed by atoms with Gasteiger partial charge in [0.2, 0.25) is 5.91 Å². The zero-order valence-corrected chi connectivity index (χ0v) is 11.3. The first-order valence-corrected chi connectivity index (χ1v) is 6.60. The van der Waals surface area contributed by atoms with E-state index in [-0.39, 0.29) is 12.3 Å². The van der Waals surface area contributed by atoms with E-state index in [1.165, 1.54) is 0 Å². The van der Waals surface area contributed by atoms with Crippen molar-refractivity contribution >= 4 is 33.5 Å². The van der Waals surface area contributed by atoms with Gasteiger partial charge in [0.1, 0.15) is 11.2 Å². The molecule has 3 aromatic rings. The number of anilines is 1. The van der Waals surface area contributed by atoms with Crippen molar-refractivity contribution in [2.24, 2.45) is 5.73 Å². The summed E-state index contributed by atoms with van der Waals surface area (Å²) in [7, 11) is 0. The maximum Gasteiger partial charge on any atom is 0.242 e. The van der Waals surface area contributed by atoms with Crippen molar-refractivity contribution in [3.8, 4) is 12.3 Å². The summed E-state index contributed by atoms with van der Waals surface area (Å²) in [5.41, 5.74) is 7.96. The molecular formula is C17H14N2O2. The van der Waals surface area contributed by atoms with Crippen LogP contribution in [-0.2, 0) is 4.79 Å². The lowest BCUT2D eigenvalue weighted by Gasteiger charge is -2.09. The predicted octanol–water partition coefficient (Wildman–Crippen LogP) is 2.88. The lowest BCUT2D eigenvalue weighted by atomic mass is 10.1. The van der Waals surface area contributed by atoms with Crippen LogP contribution in [0.3, 0.4) is 0 Å². The molecule has 3 N–H and O–H groups in total. The average Bonchev–Trinajstić information content (AvgIpc) is 2.85. The Morgan fingerprint density at radius 3 is 2.81 bits per heavy atom. The summed E-state index contributed by atoms with van der Waals surface area (Å²) in [6, 6.07) is 12.6. The van der Waals surface area contributed by atoms with Gasteiger partial charge < -0.3 is 15.5 Å². The molecule has 0 fully saturated rings. The molecule has 2 aromatic carbocycles. The van der Waals surface area contributed by atoms with Crippen LogP contribution in [0, 0.1) is 12.3 Å². The van der Waals surface area contributed by atoms with Gasteiger partial charge in [0.15, 0.2) is 0 Å². The van der Waals surface area contributed by atoms with Crippen molar-refractivity contribution in [3.63, 3.8) is 0 Å². The minimum absolute atomic E-state index is 0.211. The Hall–Kier alpha value is -2.77. The number of nitrogens with one attached hydrogen (secondary N) is 1. The number of benzene rings is 2. The van der Waals surface area contributed by atoms with Crippen LogP contribution >= 0.6 is 0 Å². The van der Waals surface area contributed by atoms with E-state index in [0.717, 1.165) is 21.9 Å². The quantitative estimate of drug-likeness (QED) is 0.724. The van der Waals surface area contributed by atoms with E-state index in [4.69, 9.17) is 16.6 Å². The van der Waals surface area contributed by atoms with Gasteiger partial charge in [-0.2, -0.15) is 0 Å².